The highest BCUT2D eigenvalue weighted by Crippen LogP contribution is 2.46. The molecule has 0 saturated carbocycles. The standard InChI is InChI=1S/C22H26ClF3N4O2/c1-12-5-4-6-13(2)29(12)21(31)19-18(23)20-27-16(14-7-9-15(32-3)10-8-14)11-17(22(24,25)26)30(20)28-19/h7-10,12-13,16-17,27H,4-6,11H2,1-3H3/t12-,13+,16-,17+/m0/s1. The molecule has 0 unspecified atom stereocenters. The van der Waals surface area contributed by atoms with Gasteiger partial charge in [0.25, 0.3) is 5.91 Å². The van der Waals surface area contributed by atoms with Crippen LogP contribution in [-0.4, -0.2) is 46.0 Å². The van der Waals surface area contributed by atoms with E-state index >= 15 is 0 Å². The van der Waals surface area contributed by atoms with E-state index in [1.165, 1.54) is 7.11 Å². The lowest BCUT2D eigenvalue weighted by Crippen LogP contribution is -2.47. The monoisotopic (exact) mass is 470 g/mol. The van der Waals surface area contributed by atoms with E-state index in [0.717, 1.165) is 23.9 Å². The molecule has 2 aromatic rings. The maximum atomic E-state index is 14.0. The maximum absolute atomic E-state index is 14.0. The summed E-state index contributed by atoms with van der Waals surface area (Å²) in [4.78, 5) is 15.0. The molecule has 10 heteroatoms. The highest BCUT2D eigenvalue weighted by molar-refractivity contribution is 6.36. The van der Waals surface area contributed by atoms with Gasteiger partial charge in [-0.1, -0.05) is 23.7 Å². The van der Waals surface area contributed by atoms with Crippen molar-refractivity contribution in [2.45, 2.75) is 69.9 Å². The summed E-state index contributed by atoms with van der Waals surface area (Å²) >= 11 is 6.49. The topological polar surface area (TPSA) is 59.4 Å². The Labute approximate surface area is 189 Å². The highest BCUT2D eigenvalue weighted by Gasteiger charge is 2.48. The van der Waals surface area contributed by atoms with Crippen LogP contribution in [-0.2, 0) is 0 Å². The number of nitrogens with one attached hydrogen (secondary N) is 1. The largest absolute Gasteiger partial charge is 0.497 e. The van der Waals surface area contributed by atoms with Crippen molar-refractivity contribution in [1.29, 1.82) is 0 Å². The summed E-state index contributed by atoms with van der Waals surface area (Å²) in [5, 5.41) is 7.09. The lowest BCUT2D eigenvalue weighted by atomic mass is 9.96. The Hall–Kier alpha value is -2.42. The number of nitrogens with zero attached hydrogens (tertiary/aromatic N) is 3. The fourth-order valence-corrected chi connectivity index (χ4v) is 4.98. The molecule has 0 bridgehead atoms. The summed E-state index contributed by atoms with van der Waals surface area (Å²) in [6.45, 7) is 3.88. The quantitative estimate of drug-likeness (QED) is 0.633. The summed E-state index contributed by atoms with van der Waals surface area (Å²) in [5.74, 6) is 0.194. The summed E-state index contributed by atoms with van der Waals surface area (Å²) in [6, 6.07) is 4.22. The minimum Gasteiger partial charge on any atom is -0.497 e. The van der Waals surface area contributed by atoms with Crippen molar-refractivity contribution < 1.29 is 22.7 Å². The molecule has 1 N–H and O–H groups in total. The molecule has 6 nitrogen and oxygen atoms in total. The number of aromatic nitrogens is 2. The van der Waals surface area contributed by atoms with Gasteiger partial charge in [0.15, 0.2) is 11.7 Å². The second kappa shape index (κ2) is 8.50. The van der Waals surface area contributed by atoms with Gasteiger partial charge in [0.1, 0.15) is 16.6 Å². The van der Waals surface area contributed by atoms with Gasteiger partial charge in [0, 0.05) is 18.5 Å². The Morgan fingerprint density at radius 3 is 2.38 bits per heavy atom. The van der Waals surface area contributed by atoms with Crippen LogP contribution in [0.3, 0.4) is 0 Å². The number of anilines is 1. The van der Waals surface area contributed by atoms with Crippen LogP contribution in [0.15, 0.2) is 24.3 Å². The van der Waals surface area contributed by atoms with Crippen LogP contribution >= 0.6 is 11.6 Å². The molecule has 0 spiro atoms. The van der Waals surface area contributed by atoms with E-state index in [0.29, 0.717) is 11.3 Å². The molecule has 0 aliphatic carbocycles. The van der Waals surface area contributed by atoms with Gasteiger partial charge >= 0.3 is 6.18 Å². The van der Waals surface area contributed by atoms with Crippen LogP contribution in [0.2, 0.25) is 5.02 Å². The van der Waals surface area contributed by atoms with E-state index in [-0.39, 0.29) is 35.0 Å². The van der Waals surface area contributed by atoms with E-state index in [4.69, 9.17) is 16.3 Å². The number of rotatable bonds is 3. The third-order valence-corrected chi connectivity index (χ3v) is 6.80. The van der Waals surface area contributed by atoms with E-state index in [1.54, 1.807) is 29.2 Å². The zero-order valence-electron chi connectivity index (χ0n) is 18.1. The average molecular weight is 471 g/mol. The van der Waals surface area contributed by atoms with Crippen LogP contribution in [0.4, 0.5) is 19.0 Å². The Bertz CT molecular complexity index is 982. The van der Waals surface area contributed by atoms with Gasteiger partial charge in [-0.2, -0.15) is 18.3 Å². The SMILES string of the molecule is COc1ccc([C@@H]2C[C@H](C(F)(F)F)n3nc(C(=O)N4[C@H](C)CCC[C@@H]4C)c(Cl)c3N2)cc1. The van der Waals surface area contributed by atoms with Gasteiger partial charge < -0.3 is 15.0 Å². The molecular formula is C22H26ClF3N4O2. The molecule has 3 heterocycles. The number of halogens is 4. The number of hydrogen-bond acceptors (Lipinski definition) is 4. The fraction of sp³-hybridized carbons (Fsp3) is 0.545. The van der Waals surface area contributed by atoms with Gasteiger partial charge in [0.2, 0.25) is 0 Å². The number of likely N-dealkylation sites (tertiary alicyclic amines) is 1. The molecule has 1 amide bonds. The number of ether oxygens (including phenoxy) is 1. The van der Waals surface area contributed by atoms with Gasteiger partial charge in [-0.05, 0) is 50.8 Å². The summed E-state index contributed by atoms with van der Waals surface area (Å²) in [6.07, 6.45) is -2.15. The van der Waals surface area contributed by atoms with E-state index in [1.807, 2.05) is 13.8 Å². The molecule has 1 aromatic carbocycles. The minimum atomic E-state index is -4.55. The number of fused-ring (bicyclic) bond motifs is 1. The Balaban J connectivity index is 1.72. The zero-order valence-corrected chi connectivity index (χ0v) is 18.9. The van der Waals surface area contributed by atoms with Crippen LogP contribution < -0.4 is 10.1 Å². The normalized spacial score (nSPS) is 25.8. The number of benzene rings is 1. The predicted octanol–water partition coefficient (Wildman–Crippen LogP) is 5.61. The number of carbonyl (C=O) groups is 1. The second-order valence-electron chi connectivity index (χ2n) is 8.56. The molecular weight excluding hydrogens is 445 g/mol. The third kappa shape index (κ3) is 4.02. The maximum Gasteiger partial charge on any atom is 0.410 e. The summed E-state index contributed by atoms with van der Waals surface area (Å²) in [7, 11) is 1.52. The van der Waals surface area contributed by atoms with Crippen molar-refractivity contribution in [3.05, 3.63) is 40.5 Å². The Morgan fingerprint density at radius 1 is 1.19 bits per heavy atom. The molecule has 0 radical (unpaired) electrons. The predicted molar refractivity (Wildman–Crippen MR) is 115 cm³/mol. The molecule has 32 heavy (non-hydrogen) atoms. The van der Waals surface area contributed by atoms with E-state index in [9.17, 15) is 18.0 Å². The van der Waals surface area contributed by atoms with Crippen molar-refractivity contribution >= 4 is 23.3 Å². The van der Waals surface area contributed by atoms with Crippen molar-refractivity contribution in [2.75, 3.05) is 12.4 Å². The number of methoxy groups -OCH3 is 1. The van der Waals surface area contributed by atoms with Gasteiger partial charge in [-0.15, -0.1) is 0 Å². The van der Waals surface area contributed by atoms with Crippen molar-refractivity contribution in [2.24, 2.45) is 0 Å². The van der Waals surface area contributed by atoms with Gasteiger partial charge in [0.05, 0.1) is 13.2 Å². The van der Waals surface area contributed by atoms with Crippen molar-refractivity contribution in [1.82, 2.24) is 14.7 Å². The Kier molecular flexibility index (Phi) is 6.04. The summed E-state index contributed by atoms with van der Waals surface area (Å²) < 4.78 is 48.0. The number of piperidine rings is 1. The number of carbonyl (C=O) groups excluding carboxylic acids is 1. The first-order valence-electron chi connectivity index (χ1n) is 10.7. The Morgan fingerprint density at radius 2 is 1.81 bits per heavy atom. The van der Waals surface area contributed by atoms with Gasteiger partial charge in [-0.25, -0.2) is 4.68 Å². The number of hydrogen-bond donors (Lipinski definition) is 1. The third-order valence-electron chi connectivity index (χ3n) is 6.44. The molecule has 4 atom stereocenters. The first kappa shape index (κ1) is 22.8. The lowest BCUT2D eigenvalue weighted by Gasteiger charge is -2.38. The molecule has 1 fully saturated rings. The van der Waals surface area contributed by atoms with Crippen LogP contribution in [0, 0.1) is 0 Å². The average Bonchev–Trinajstić information content (AvgIpc) is 3.08. The van der Waals surface area contributed by atoms with Crippen molar-refractivity contribution in [3.8, 4) is 5.75 Å². The molecule has 1 aromatic heterocycles. The second-order valence-corrected chi connectivity index (χ2v) is 8.94. The smallest absolute Gasteiger partial charge is 0.410 e. The first-order chi connectivity index (χ1) is 15.1. The molecule has 2 aliphatic rings. The van der Waals surface area contributed by atoms with Crippen LogP contribution in [0.5, 0.6) is 5.75 Å². The van der Waals surface area contributed by atoms with Crippen LogP contribution in [0.25, 0.3) is 0 Å². The minimum absolute atomic E-state index is 0.0155. The molecule has 4 rings (SSSR count). The first-order valence-corrected chi connectivity index (χ1v) is 11.1. The lowest BCUT2D eigenvalue weighted by molar-refractivity contribution is -0.173. The van der Waals surface area contributed by atoms with Gasteiger partial charge in [-0.3, -0.25) is 4.79 Å². The van der Waals surface area contributed by atoms with Crippen LogP contribution in [0.1, 0.15) is 67.7 Å². The fourth-order valence-electron chi connectivity index (χ4n) is 4.72. The molecule has 1 saturated heterocycles. The molecule has 174 valence electrons. The van der Waals surface area contributed by atoms with Crippen molar-refractivity contribution in [3.63, 3.8) is 0 Å². The number of alkyl halides is 3. The number of amides is 1. The highest BCUT2D eigenvalue weighted by atomic mass is 35.5. The molecule has 2 aliphatic heterocycles. The van der Waals surface area contributed by atoms with E-state index in [2.05, 4.69) is 10.4 Å². The summed E-state index contributed by atoms with van der Waals surface area (Å²) in [5.41, 5.74) is 0.522. The van der Waals surface area contributed by atoms with E-state index < -0.39 is 24.2 Å². The zero-order chi connectivity index (χ0) is 23.2.